The van der Waals surface area contributed by atoms with Crippen LogP contribution in [-0.2, 0) is 0 Å². The predicted molar refractivity (Wildman–Crippen MR) is 121 cm³/mol. The standard InChI is InChI=1S/C23H20N6O3/c24-20(25)15-10-12-16(13-11-15)26-19(14-6-2-1-3-7-14)21-27-23(32)29(28-21)18-9-5-4-8-17(18)22(30)31/h1-13,19,26H,(H3,24,25)(H,30,31)(H,27,28,32). The van der Waals surface area contributed by atoms with E-state index in [0.717, 1.165) is 15.9 Å². The number of nitrogens with one attached hydrogen (secondary N) is 3. The molecule has 0 spiro atoms. The van der Waals surface area contributed by atoms with Gasteiger partial charge in [-0.05, 0) is 42.0 Å². The quantitative estimate of drug-likeness (QED) is 0.226. The van der Waals surface area contributed by atoms with E-state index in [2.05, 4.69) is 15.4 Å². The van der Waals surface area contributed by atoms with Crippen LogP contribution in [-0.4, -0.2) is 31.7 Å². The molecule has 0 amide bonds. The summed E-state index contributed by atoms with van der Waals surface area (Å²) >= 11 is 0. The minimum absolute atomic E-state index is 0.0308. The van der Waals surface area contributed by atoms with Crippen molar-refractivity contribution in [1.82, 2.24) is 14.8 Å². The second-order valence-electron chi connectivity index (χ2n) is 7.03. The lowest BCUT2D eigenvalue weighted by atomic mass is 10.1. The van der Waals surface area contributed by atoms with Crippen LogP contribution in [0.4, 0.5) is 5.69 Å². The van der Waals surface area contributed by atoms with E-state index < -0.39 is 17.7 Å². The summed E-state index contributed by atoms with van der Waals surface area (Å²) in [4.78, 5) is 27.0. The van der Waals surface area contributed by atoms with Crippen LogP contribution < -0.4 is 16.7 Å². The number of para-hydroxylation sites is 1. The number of benzene rings is 3. The number of nitrogens with zero attached hydrogens (tertiary/aromatic N) is 2. The fourth-order valence-electron chi connectivity index (χ4n) is 3.34. The first-order chi connectivity index (χ1) is 15.4. The SMILES string of the molecule is N=C(N)c1ccc(NC(c2ccccc2)c2nn(-c3ccccc3C(=O)O)c(=O)[nH]2)cc1. The Bertz CT molecular complexity index is 1330. The van der Waals surface area contributed by atoms with Gasteiger partial charge in [-0.2, -0.15) is 4.68 Å². The number of aromatic carboxylic acids is 1. The Morgan fingerprint density at radius 1 is 1.03 bits per heavy atom. The van der Waals surface area contributed by atoms with E-state index in [0.29, 0.717) is 11.4 Å². The number of nitrogens with two attached hydrogens (primary N) is 1. The predicted octanol–water partition coefficient (Wildman–Crippen LogP) is 2.74. The topological polar surface area (TPSA) is 150 Å². The Hall–Kier alpha value is -4.66. The summed E-state index contributed by atoms with van der Waals surface area (Å²) in [5.41, 5.74) is 7.27. The zero-order valence-electron chi connectivity index (χ0n) is 16.8. The lowest BCUT2D eigenvalue weighted by Gasteiger charge is -2.18. The lowest BCUT2D eigenvalue weighted by Crippen LogP contribution is -2.18. The van der Waals surface area contributed by atoms with E-state index in [1.807, 2.05) is 30.3 Å². The fraction of sp³-hybridized carbons (Fsp3) is 0.0435. The molecule has 0 bridgehead atoms. The van der Waals surface area contributed by atoms with E-state index in [1.54, 1.807) is 36.4 Å². The molecule has 0 radical (unpaired) electrons. The van der Waals surface area contributed by atoms with Gasteiger partial charge in [0.05, 0.1) is 11.3 Å². The maximum atomic E-state index is 12.7. The van der Waals surface area contributed by atoms with Crippen molar-refractivity contribution in [2.75, 3.05) is 5.32 Å². The zero-order chi connectivity index (χ0) is 22.7. The summed E-state index contributed by atoms with van der Waals surface area (Å²) in [6.07, 6.45) is 0. The molecule has 0 saturated heterocycles. The van der Waals surface area contributed by atoms with Crippen LogP contribution in [0.3, 0.4) is 0 Å². The summed E-state index contributed by atoms with van der Waals surface area (Å²) in [6, 6.07) is 22.1. The van der Waals surface area contributed by atoms with Gasteiger partial charge in [0.25, 0.3) is 0 Å². The van der Waals surface area contributed by atoms with E-state index in [-0.39, 0.29) is 17.1 Å². The van der Waals surface area contributed by atoms with Crippen molar-refractivity contribution >= 4 is 17.5 Å². The average molecular weight is 428 g/mol. The van der Waals surface area contributed by atoms with Crippen LogP contribution in [0.2, 0.25) is 0 Å². The molecule has 9 heteroatoms. The third-order valence-corrected chi connectivity index (χ3v) is 4.91. The Labute approximate surface area is 182 Å². The molecule has 3 aromatic carbocycles. The number of anilines is 1. The number of carboxylic acids is 1. The van der Waals surface area contributed by atoms with Crippen molar-refractivity contribution < 1.29 is 9.90 Å². The third-order valence-electron chi connectivity index (χ3n) is 4.91. The minimum atomic E-state index is -1.15. The van der Waals surface area contributed by atoms with Gasteiger partial charge < -0.3 is 16.2 Å². The average Bonchev–Trinajstić information content (AvgIpc) is 3.19. The summed E-state index contributed by atoms with van der Waals surface area (Å²) in [5.74, 6) is -0.867. The van der Waals surface area contributed by atoms with Gasteiger partial charge in [0.2, 0.25) is 0 Å². The fourth-order valence-corrected chi connectivity index (χ4v) is 3.34. The monoisotopic (exact) mass is 428 g/mol. The Balaban J connectivity index is 1.76. The molecule has 1 aromatic heterocycles. The van der Waals surface area contributed by atoms with Crippen molar-refractivity contribution in [2.45, 2.75) is 6.04 Å². The van der Waals surface area contributed by atoms with Crippen LogP contribution in [0, 0.1) is 5.41 Å². The van der Waals surface area contributed by atoms with E-state index in [1.165, 1.54) is 12.1 Å². The molecule has 0 aliphatic rings. The minimum Gasteiger partial charge on any atom is -0.478 e. The number of hydrogen-bond donors (Lipinski definition) is 5. The number of nitrogen functional groups attached to an aromatic ring is 1. The van der Waals surface area contributed by atoms with E-state index >= 15 is 0 Å². The van der Waals surface area contributed by atoms with Crippen molar-refractivity contribution in [3.05, 3.63) is 112 Å². The second kappa shape index (κ2) is 8.60. The van der Waals surface area contributed by atoms with Crippen molar-refractivity contribution in [1.29, 1.82) is 5.41 Å². The first kappa shape index (κ1) is 20.6. The molecular weight excluding hydrogens is 408 g/mol. The summed E-state index contributed by atoms with van der Waals surface area (Å²) in [7, 11) is 0. The van der Waals surface area contributed by atoms with Gasteiger partial charge in [0.15, 0.2) is 5.82 Å². The Morgan fingerprint density at radius 3 is 2.34 bits per heavy atom. The van der Waals surface area contributed by atoms with Crippen LogP contribution in [0.15, 0.2) is 83.7 Å². The Morgan fingerprint density at radius 2 is 1.69 bits per heavy atom. The highest BCUT2D eigenvalue weighted by molar-refractivity contribution is 5.95. The molecule has 9 nitrogen and oxygen atoms in total. The molecule has 32 heavy (non-hydrogen) atoms. The van der Waals surface area contributed by atoms with Gasteiger partial charge in [-0.15, -0.1) is 5.10 Å². The van der Waals surface area contributed by atoms with Crippen LogP contribution in [0.1, 0.15) is 33.4 Å². The van der Waals surface area contributed by atoms with Crippen molar-refractivity contribution in [2.24, 2.45) is 5.73 Å². The molecule has 160 valence electrons. The number of carbonyl (C=O) groups is 1. The number of aromatic nitrogens is 3. The van der Waals surface area contributed by atoms with Crippen molar-refractivity contribution in [3.63, 3.8) is 0 Å². The molecule has 1 unspecified atom stereocenters. The van der Waals surface area contributed by atoms with Gasteiger partial charge >= 0.3 is 11.7 Å². The van der Waals surface area contributed by atoms with Crippen LogP contribution in [0.5, 0.6) is 0 Å². The van der Waals surface area contributed by atoms with E-state index in [4.69, 9.17) is 11.1 Å². The molecule has 0 aliphatic heterocycles. The highest BCUT2D eigenvalue weighted by Gasteiger charge is 2.22. The molecule has 0 aliphatic carbocycles. The molecule has 6 N–H and O–H groups in total. The zero-order valence-corrected chi connectivity index (χ0v) is 16.8. The molecule has 4 rings (SSSR count). The largest absolute Gasteiger partial charge is 0.478 e. The molecule has 1 atom stereocenters. The number of H-pyrrole nitrogens is 1. The van der Waals surface area contributed by atoms with Gasteiger partial charge in [-0.3, -0.25) is 10.4 Å². The van der Waals surface area contributed by atoms with Crippen molar-refractivity contribution in [3.8, 4) is 5.69 Å². The molecule has 0 fully saturated rings. The normalized spacial score (nSPS) is 11.6. The van der Waals surface area contributed by atoms with Gasteiger partial charge in [-0.25, -0.2) is 9.59 Å². The highest BCUT2D eigenvalue weighted by Crippen LogP contribution is 2.25. The molecule has 0 saturated carbocycles. The van der Waals surface area contributed by atoms with E-state index in [9.17, 15) is 14.7 Å². The van der Waals surface area contributed by atoms with Gasteiger partial charge in [0, 0.05) is 11.3 Å². The van der Waals surface area contributed by atoms with Crippen LogP contribution in [0.25, 0.3) is 5.69 Å². The maximum Gasteiger partial charge on any atom is 0.348 e. The summed E-state index contributed by atoms with van der Waals surface area (Å²) < 4.78 is 1.05. The molecule has 4 aromatic rings. The third kappa shape index (κ3) is 4.12. The smallest absolute Gasteiger partial charge is 0.348 e. The first-order valence-corrected chi connectivity index (χ1v) is 9.72. The van der Waals surface area contributed by atoms with Crippen LogP contribution >= 0.6 is 0 Å². The number of carboxylic acid groups (broad SMARTS) is 1. The summed E-state index contributed by atoms with van der Waals surface area (Å²) in [6.45, 7) is 0. The number of rotatable bonds is 7. The molecular formula is C23H20N6O3. The second-order valence-corrected chi connectivity index (χ2v) is 7.03. The number of aromatic amines is 1. The maximum absolute atomic E-state index is 12.7. The lowest BCUT2D eigenvalue weighted by molar-refractivity contribution is 0.0696. The number of hydrogen-bond acceptors (Lipinski definition) is 5. The Kier molecular flexibility index (Phi) is 5.54. The summed E-state index contributed by atoms with van der Waals surface area (Å²) in [5, 5.41) is 24.8. The highest BCUT2D eigenvalue weighted by atomic mass is 16.4. The van der Waals surface area contributed by atoms with Gasteiger partial charge in [-0.1, -0.05) is 42.5 Å². The molecule has 1 heterocycles. The first-order valence-electron chi connectivity index (χ1n) is 9.72. The number of amidine groups is 1. The van der Waals surface area contributed by atoms with Gasteiger partial charge in [0.1, 0.15) is 11.9 Å².